The van der Waals surface area contributed by atoms with Crippen LogP contribution in [-0.4, -0.2) is 4.92 Å². The Morgan fingerprint density at radius 2 is 2.10 bits per heavy atom. The van der Waals surface area contributed by atoms with Crippen LogP contribution in [0.1, 0.15) is 11.1 Å². The number of nitriles is 1. The van der Waals surface area contributed by atoms with Crippen molar-refractivity contribution in [3.63, 3.8) is 0 Å². The molecule has 106 valence electrons. The molecule has 0 aliphatic carbocycles. The molecule has 0 saturated carbocycles. The van der Waals surface area contributed by atoms with E-state index in [0.717, 1.165) is 5.56 Å². The molecule has 0 bridgehead atoms. The normalized spacial score (nSPS) is 9.95. The van der Waals surface area contributed by atoms with E-state index >= 15 is 0 Å². The molecule has 0 aliphatic rings. The molecule has 5 nitrogen and oxygen atoms in total. The molecule has 0 amide bonds. The first-order chi connectivity index (χ1) is 10.1. The third kappa shape index (κ3) is 3.40. The Kier molecular flexibility index (Phi) is 4.94. The van der Waals surface area contributed by atoms with E-state index in [1.165, 1.54) is 6.07 Å². The minimum absolute atomic E-state index is 0.0746. The number of hydrogen-bond acceptors (Lipinski definition) is 4. The maximum Gasteiger partial charge on any atom is 0.312 e. The second-order valence-electron chi connectivity index (χ2n) is 4.02. The number of rotatable bonds is 4. The maximum absolute atomic E-state index is 11.1. The van der Waals surface area contributed by atoms with Crippen molar-refractivity contribution in [3.05, 3.63) is 62.1 Å². The van der Waals surface area contributed by atoms with Crippen LogP contribution in [0.2, 0.25) is 0 Å². The Morgan fingerprint density at radius 1 is 1.33 bits per heavy atom. The number of alkyl halides is 1. The van der Waals surface area contributed by atoms with Gasteiger partial charge >= 0.3 is 5.69 Å². The van der Waals surface area contributed by atoms with E-state index in [-0.39, 0.29) is 17.2 Å². The molecule has 0 unspecified atom stereocenters. The predicted octanol–water partition coefficient (Wildman–Crippen LogP) is 4.92. The van der Waals surface area contributed by atoms with Crippen molar-refractivity contribution in [2.45, 2.75) is 5.33 Å². The lowest BCUT2D eigenvalue weighted by Crippen LogP contribution is -1.96. The summed E-state index contributed by atoms with van der Waals surface area (Å²) in [6.07, 6.45) is 0. The van der Waals surface area contributed by atoms with Crippen LogP contribution < -0.4 is 4.74 Å². The second-order valence-corrected chi connectivity index (χ2v) is 5.44. The van der Waals surface area contributed by atoms with Gasteiger partial charge in [0.1, 0.15) is 11.8 Å². The standard InChI is InChI=1S/C14H8Br2N2O3/c15-7-9-4-5-13(10(6-9)8-17)21-14-11(16)2-1-3-12(14)18(19)20/h1-6H,7H2. The van der Waals surface area contributed by atoms with Crippen molar-refractivity contribution in [2.24, 2.45) is 0 Å². The van der Waals surface area contributed by atoms with Gasteiger partial charge in [-0.1, -0.05) is 28.1 Å². The Balaban J connectivity index is 2.48. The van der Waals surface area contributed by atoms with Gasteiger partial charge in [-0.3, -0.25) is 10.1 Å². The summed E-state index contributed by atoms with van der Waals surface area (Å²) in [6.45, 7) is 0. The lowest BCUT2D eigenvalue weighted by Gasteiger charge is -2.10. The highest BCUT2D eigenvalue weighted by Gasteiger charge is 2.20. The first-order valence-corrected chi connectivity index (χ1v) is 7.68. The molecular formula is C14H8Br2N2O3. The highest BCUT2D eigenvalue weighted by atomic mass is 79.9. The number of ether oxygens (including phenoxy) is 1. The maximum atomic E-state index is 11.1. The van der Waals surface area contributed by atoms with Crippen LogP contribution >= 0.6 is 31.9 Å². The van der Waals surface area contributed by atoms with Gasteiger partial charge in [-0.2, -0.15) is 5.26 Å². The van der Waals surface area contributed by atoms with E-state index in [4.69, 9.17) is 4.74 Å². The second kappa shape index (κ2) is 6.70. The number of halogens is 2. The highest BCUT2D eigenvalue weighted by molar-refractivity contribution is 9.10. The van der Waals surface area contributed by atoms with Crippen LogP contribution in [0, 0.1) is 21.4 Å². The van der Waals surface area contributed by atoms with Gasteiger partial charge in [0.25, 0.3) is 0 Å². The lowest BCUT2D eigenvalue weighted by atomic mass is 10.1. The molecule has 2 aromatic carbocycles. The Bertz CT molecular complexity index is 741. The third-order valence-electron chi connectivity index (χ3n) is 2.67. The smallest absolute Gasteiger partial charge is 0.312 e. The topological polar surface area (TPSA) is 76.2 Å². The molecule has 0 aromatic heterocycles. The highest BCUT2D eigenvalue weighted by Crippen LogP contribution is 2.39. The number of benzene rings is 2. The van der Waals surface area contributed by atoms with Gasteiger partial charge in [-0.05, 0) is 39.7 Å². The van der Waals surface area contributed by atoms with Crippen molar-refractivity contribution >= 4 is 37.5 Å². The van der Waals surface area contributed by atoms with Crippen molar-refractivity contribution in [1.29, 1.82) is 5.26 Å². The fourth-order valence-corrected chi connectivity index (χ4v) is 2.47. The molecule has 2 rings (SSSR count). The van der Waals surface area contributed by atoms with Crippen LogP contribution in [0.15, 0.2) is 40.9 Å². The minimum atomic E-state index is -0.529. The number of para-hydroxylation sites is 1. The molecule has 0 N–H and O–H groups in total. The van der Waals surface area contributed by atoms with Crippen LogP contribution in [0.4, 0.5) is 5.69 Å². The predicted molar refractivity (Wildman–Crippen MR) is 84.7 cm³/mol. The minimum Gasteiger partial charge on any atom is -0.448 e. The SMILES string of the molecule is N#Cc1cc(CBr)ccc1Oc1c(Br)cccc1[N+](=O)[O-]. The third-order valence-corrected chi connectivity index (χ3v) is 3.95. The molecule has 0 saturated heterocycles. The summed E-state index contributed by atoms with van der Waals surface area (Å²) in [4.78, 5) is 10.5. The lowest BCUT2D eigenvalue weighted by molar-refractivity contribution is -0.385. The number of hydrogen-bond donors (Lipinski definition) is 0. The summed E-state index contributed by atoms with van der Waals surface area (Å²) in [6, 6.07) is 11.6. The van der Waals surface area contributed by atoms with E-state index in [1.807, 2.05) is 6.07 Å². The van der Waals surface area contributed by atoms with Crippen molar-refractivity contribution in [1.82, 2.24) is 0 Å². The van der Waals surface area contributed by atoms with E-state index in [0.29, 0.717) is 15.4 Å². The summed E-state index contributed by atoms with van der Waals surface area (Å²) in [5.41, 5.74) is 1.07. The van der Waals surface area contributed by atoms with Gasteiger partial charge in [-0.15, -0.1) is 0 Å². The fourth-order valence-electron chi connectivity index (χ4n) is 1.69. The molecular weight excluding hydrogens is 404 g/mol. The molecule has 0 atom stereocenters. The molecule has 0 fully saturated rings. The van der Waals surface area contributed by atoms with Gasteiger partial charge in [0.2, 0.25) is 5.75 Å². The first kappa shape index (κ1) is 15.5. The summed E-state index contributed by atoms with van der Waals surface area (Å²) in [5, 5.41) is 20.8. The van der Waals surface area contributed by atoms with Crippen molar-refractivity contribution in [2.75, 3.05) is 0 Å². The molecule has 2 aromatic rings. The van der Waals surface area contributed by atoms with Crippen LogP contribution in [-0.2, 0) is 5.33 Å². The fraction of sp³-hybridized carbons (Fsp3) is 0.0714. The number of nitrogens with zero attached hydrogens (tertiary/aromatic N) is 2. The van der Waals surface area contributed by atoms with E-state index in [1.54, 1.807) is 30.3 Å². The van der Waals surface area contributed by atoms with Crippen LogP contribution in [0.3, 0.4) is 0 Å². The van der Waals surface area contributed by atoms with Gasteiger partial charge in [0.05, 0.1) is 15.0 Å². The molecule has 21 heavy (non-hydrogen) atoms. The molecule has 0 heterocycles. The molecule has 0 spiro atoms. The van der Waals surface area contributed by atoms with E-state index in [2.05, 4.69) is 31.9 Å². The van der Waals surface area contributed by atoms with Crippen molar-refractivity contribution < 1.29 is 9.66 Å². The Hall–Kier alpha value is -1.91. The summed E-state index contributed by atoms with van der Waals surface area (Å²) < 4.78 is 6.05. The largest absolute Gasteiger partial charge is 0.448 e. The first-order valence-electron chi connectivity index (χ1n) is 5.76. The Morgan fingerprint density at radius 3 is 2.71 bits per heavy atom. The molecule has 0 radical (unpaired) electrons. The summed E-state index contributed by atoms with van der Waals surface area (Å²) in [5.74, 6) is 0.350. The monoisotopic (exact) mass is 410 g/mol. The zero-order valence-electron chi connectivity index (χ0n) is 10.5. The zero-order valence-corrected chi connectivity index (χ0v) is 13.7. The molecule has 7 heteroatoms. The summed E-state index contributed by atoms with van der Waals surface area (Å²) >= 11 is 6.54. The van der Waals surface area contributed by atoms with Crippen LogP contribution in [0.5, 0.6) is 11.5 Å². The average molecular weight is 412 g/mol. The summed E-state index contributed by atoms with van der Waals surface area (Å²) in [7, 11) is 0. The zero-order chi connectivity index (χ0) is 15.4. The Labute approximate surface area is 137 Å². The average Bonchev–Trinajstić information content (AvgIpc) is 2.49. The number of nitro groups is 1. The number of nitro benzene ring substituents is 1. The van der Waals surface area contributed by atoms with Gasteiger partial charge in [-0.25, -0.2) is 0 Å². The van der Waals surface area contributed by atoms with Crippen LogP contribution in [0.25, 0.3) is 0 Å². The van der Waals surface area contributed by atoms with Crippen molar-refractivity contribution in [3.8, 4) is 17.6 Å². The van der Waals surface area contributed by atoms with E-state index in [9.17, 15) is 15.4 Å². The van der Waals surface area contributed by atoms with E-state index < -0.39 is 4.92 Å². The van der Waals surface area contributed by atoms with Gasteiger partial charge in [0, 0.05) is 11.4 Å². The van der Waals surface area contributed by atoms with Gasteiger partial charge < -0.3 is 4.74 Å². The molecule has 0 aliphatic heterocycles. The quantitative estimate of drug-likeness (QED) is 0.406. The van der Waals surface area contributed by atoms with Gasteiger partial charge in [0.15, 0.2) is 0 Å².